The molecule has 0 aliphatic rings. The lowest BCUT2D eigenvalue weighted by Crippen LogP contribution is -2.16. The van der Waals surface area contributed by atoms with Crippen LogP contribution in [-0.2, 0) is 13.0 Å². The number of nitrogens with two attached hydrogens (primary N) is 1. The molecular formula is C15H19BrN2S. The van der Waals surface area contributed by atoms with Gasteiger partial charge in [0.05, 0.1) is 3.79 Å². The lowest BCUT2D eigenvalue weighted by Gasteiger charge is -2.20. The molecule has 0 spiro atoms. The maximum Gasteiger partial charge on any atom is 0.0701 e. The topological polar surface area (TPSA) is 29.3 Å². The quantitative estimate of drug-likeness (QED) is 0.894. The fourth-order valence-corrected chi connectivity index (χ4v) is 3.35. The number of thiophene rings is 1. The summed E-state index contributed by atoms with van der Waals surface area (Å²) < 4.78 is 1.19. The second-order valence-corrected chi connectivity index (χ2v) is 7.06. The zero-order valence-corrected chi connectivity index (χ0v) is 13.7. The zero-order chi connectivity index (χ0) is 13.8. The van der Waals surface area contributed by atoms with Gasteiger partial charge in [-0.1, -0.05) is 6.07 Å². The summed E-state index contributed by atoms with van der Waals surface area (Å²) >= 11 is 5.23. The van der Waals surface area contributed by atoms with Crippen LogP contribution in [0.3, 0.4) is 0 Å². The Balaban J connectivity index is 2.10. The molecule has 2 nitrogen and oxygen atoms in total. The summed E-state index contributed by atoms with van der Waals surface area (Å²) in [6, 6.07) is 8.79. The van der Waals surface area contributed by atoms with Crippen molar-refractivity contribution in [3.05, 3.63) is 50.1 Å². The average molecular weight is 339 g/mol. The van der Waals surface area contributed by atoms with Crippen LogP contribution in [0.25, 0.3) is 0 Å². The minimum absolute atomic E-state index is 0.707. The van der Waals surface area contributed by atoms with E-state index in [2.05, 4.69) is 64.4 Å². The molecule has 4 heteroatoms. The first-order valence-corrected chi connectivity index (χ1v) is 8.01. The van der Waals surface area contributed by atoms with E-state index in [-0.39, 0.29) is 0 Å². The van der Waals surface area contributed by atoms with Gasteiger partial charge >= 0.3 is 0 Å². The number of nitrogens with zero attached hydrogens (tertiary/aromatic N) is 1. The van der Waals surface area contributed by atoms with Crippen molar-refractivity contribution in [2.75, 3.05) is 18.5 Å². The summed E-state index contributed by atoms with van der Waals surface area (Å²) in [5.41, 5.74) is 10.9. The van der Waals surface area contributed by atoms with Crippen molar-refractivity contribution in [2.45, 2.75) is 19.9 Å². The molecule has 0 unspecified atom stereocenters. The molecule has 0 atom stereocenters. The van der Waals surface area contributed by atoms with Crippen LogP contribution in [0.1, 0.15) is 16.7 Å². The van der Waals surface area contributed by atoms with E-state index in [4.69, 9.17) is 5.73 Å². The molecule has 0 saturated carbocycles. The van der Waals surface area contributed by atoms with Gasteiger partial charge in [0.25, 0.3) is 0 Å². The molecule has 102 valence electrons. The molecule has 2 aromatic rings. The van der Waals surface area contributed by atoms with Gasteiger partial charge in [0.15, 0.2) is 0 Å². The van der Waals surface area contributed by atoms with E-state index < -0.39 is 0 Å². The van der Waals surface area contributed by atoms with Crippen molar-refractivity contribution in [3.63, 3.8) is 0 Å². The smallest absolute Gasteiger partial charge is 0.0701 e. The molecule has 1 heterocycles. The van der Waals surface area contributed by atoms with E-state index in [9.17, 15) is 0 Å². The molecule has 0 amide bonds. The fraction of sp³-hybridized carbons (Fsp3) is 0.333. The van der Waals surface area contributed by atoms with E-state index in [0.29, 0.717) is 6.54 Å². The Kier molecular flexibility index (Phi) is 5.02. The lowest BCUT2D eigenvalue weighted by atomic mass is 10.0. The van der Waals surface area contributed by atoms with Crippen molar-refractivity contribution < 1.29 is 0 Å². The second-order valence-electron chi connectivity index (χ2n) is 4.76. The first-order valence-electron chi connectivity index (χ1n) is 6.34. The van der Waals surface area contributed by atoms with Crippen LogP contribution >= 0.6 is 27.3 Å². The SMILES string of the molecule is Cc1cc(N(C)Cc2csc(Br)c2)ccc1CCN. The molecule has 0 aliphatic heterocycles. The van der Waals surface area contributed by atoms with Crippen molar-refractivity contribution in [1.82, 2.24) is 0 Å². The lowest BCUT2D eigenvalue weighted by molar-refractivity contribution is 0.918. The number of anilines is 1. The second kappa shape index (κ2) is 6.55. The van der Waals surface area contributed by atoms with Crippen LogP contribution in [0.5, 0.6) is 0 Å². The molecule has 0 aliphatic carbocycles. The van der Waals surface area contributed by atoms with Gasteiger partial charge in [0, 0.05) is 19.3 Å². The van der Waals surface area contributed by atoms with Crippen molar-refractivity contribution in [3.8, 4) is 0 Å². The van der Waals surface area contributed by atoms with Gasteiger partial charge in [-0.25, -0.2) is 0 Å². The number of hydrogen-bond donors (Lipinski definition) is 1. The molecule has 0 saturated heterocycles. The number of rotatable bonds is 5. The highest BCUT2D eigenvalue weighted by Crippen LogP contribution is 2.24. The largest absolute Gasteiger partial charge is 0.370 e. The van der Waals surface area contributed by atoms with E-state index in [0.717, 1.165) is 13.0 Å². The van der Waals surface area contributed by atoms with Crippen LogP contribution in [0.4, 0.5) is 5.69 Å². The minimum atomic E-state index is 0.707. The molecule has 2 N–H and O–H groups in total. The third kappa shape index (κ3) is 3.81. The van der Waals surface area contributed by atoms with E-state index in [1.165, 1.54) is 26.2 Å². The van der Waals surface area contributed by atoms with Gasteiger partial charge < -0.3 is 10.6 Å². The first kappa shape index (κ1) is 14.6. The Bertz CT molecular complexity index is 551. The summed E-state index contributed by atoms with van der Waals surface area (Å²) in [6.45, 7) is 3.79. The van der Waals surface area contributed by atoms with Gasteiger partial charge in [0.1, 0.15) is 0 Å². The number of hydrogen-bond acceptors (Lipinski definition) is 3. The molecule has 1 aromatic heterocycles. The van der Waals surface area contributed by atoms with E-state index in [1.54, 1.807) is 11.3 Å². The molecule has 1 aromatic carbocycles. The van der Waals surface area contributed by atoms with Gasteiger partial charge in [-0.3, -0.25) is 0 Å². The maximum atomic E-state index is 5.62. The van der Waals surface area contributed by atoms with Gasteiger partial charge in [0.2, 0.25) is 0 Å². The van der Waals surface area contributed by atoms with Gasteiger partial charge in [-0.2, -0.15) is 0 Å². The molecule has 0 bridgehead atoms. The first-order chi connectivity index (χ1) is 9.10. The highest BCUT2D eigenvalue weighted by atomic mass is 79.9. The third-order valence-electron chi connectivity index (χ3n) is 3.22. The highest BCUT2D eigenvalue weighted by Gasteiger charge is 2.06. The molecule has 19 heavy (non-hydrogen) atoms. The van der Waals surface area contributed by atoms with Crippen LogP contribution in [-0.4, -0.2) is 13.6 Å². The van der Waals surface area contributed by atoms with E-state index in [1.807, 2.05) is 0 Å². The predicted molar refractivity (Wildman–Crippen MR) is 88.1 cm³/mol. The van der Waals surface area contributed by atoms with Crippen LogP contribution in [0.2, 0.25) is 0 Å². The van der Waals surface area contributed by atoms with Gasteiger partial charge in [-0.15, -0.1) is 11.3 Å². The average Bonchev–Trinajstić information content (AvgIpc) is 2.77. The third-order valence-corrected chi connectivity index (χ3v) is 4.78. The summed E-state index contributed by atoms with van der Waals surface area (Å²) in [5, 5.41) is 2.19. The summed E-state index contributed by atoms with van der Waals surface area (Å²) in [5.74, 6) is 0. The minimum Gasteiger partial charge on any atom is -0.370 e. The van der Waals surface area contributed by atoms with Crippen molar-refractivity contribution in [1.29, 1.82) is 0 Å². The zero-order valence-electron chi connectivity index (χ0n) is 11.3. The fourth-order valence-electron chi connectivity index (χ4n) is 2.15. The molecule has 2 rings (SSSR count). The summed E-state index contributed by atoms with van der Waals surface area (Å²) in [4.78, 5) is 2.27. The molecular weight excluding hydrogens is 320 g/mol. The summed E-state index contributed by atoms with van der Waals surface area (Å²) in [7, 11) is 2.13. The number of benzene rings is 1. The van der Waals surface area contributed by atoms with Crippen molar-refractivity contribution >= 4 is 33.0 Å². The van der Waals surface area contributed by atoms with Gasteiger partial charge in [-0.05, 0) is 76.1 Å². The Morgan fingerprint density at radius 3 is 2.68 bits per heavy atom. The van der Waals surface area contributed by atoms with E-state index >= 15 is 0 Å². The Morgan fingerprint density at radius 2 is 2.11 bits per heavy atom. The summed E-state index contributed by atoms with van der Waals surface area (Å²) in [6.07, 6.45) is 0.952. The maximum absolute atomic E-state index is 5.62. The monoisotopic (exact) mass is 338 g/mol. The number of aryl methyl sites for hydroxylation is 1. The molecule has 0 fully saturated rings. The van der Waals surface area contributed by atoms with Crippen LogP contribution in [0, 0.1) is 6.92 Å². The van der Waals surface area contributed by atoms with Crippen LogP contribution in [0.15, 0.2) is 33.4 Å². The predicted octanol–water partition coefficient (Wildman–Crippen LogP) is 3.96. The normalized spacial score (nSPS) is 10.7. The number of halogens is 1. The van der Waals surface area contributed by atoms with Crippen LogP contribution < -0.4 is 10.6 Å². The Hall–Kier alpha value is -0.840. The standard InChI is InChI=1S/C15H19BrN2S/c1-11-7-14(4-3-13(11)5-6-17)18(2)9-12-8-15(16)19-10-12/h3-4,7-8,10H,5-6,9,17H2,1-2H3. The Morgan fingerprint density at radius 1 is 1.32 bits per heavy atom. The Labute approximate surface area is 127 Å². The highest BCUT2D eigenvalue weighted by molar-refractivity contribution is 9.11. The van der Waals surface area contributed by atoms with Crippen molar-refractivity contribution in [2.24, 2.45) is 5.73 Å². The molecule has 0 radical (unpaired) electrons.